The van der Waals surface area contributed by atoms with Crippen molar-refractivity contribution in [3.05, 3.63) is 35.9 Å². The third kappa shape index (κ3) is 6.72. The third-order valence-electron chi connectivity index (χ3n) is 3.62. The molecule has 1 atom stereocenters. The highest BCUT2D eigenvalue weighted by Gasteiger charge is 2.23. The summed E-state index contributed by atoms with van der Waals surface area (Å²) in [7, 11) is 5.71. The number of aliphatic carboxylic acids is 1. The van der Waals surface area contributed by atoms with Gasteiger partial charge in [0.15, 0.2) is 0 Å². The molecule has 0 aliphatic heterocycles. The van der Waals surface area contributed by atoms with Crippen LogP contribution in [0.25, 0.3) is 0 Å². The molecule has 1 N–H and O–H groups in total. The number of benzene rings is 1. The van der Waals surface area contributed by atoms with Crippen LogP contribution in [0.2, 0.25) is 0 Å². The van der Waals surface area contributed by atoms with Gasteiger partial charge < -0.3 is 14.9 Å². The number of hydrogen-bond donors (Lipinski definition) is 1. The Balaban J connectivity index is 2.52. The summed E-state index contributed by atoms with van der Waals surface area (Å²) in [6.45, 7) is 1.55. The molecule has 1 rings (SSSR count). The summed E-state index contributed by atoms with van der Waals surface area (Å²) in [5.41, 5.74) is 0.943. The molecule has 0 bridgehead atoms. The summed E-state index contributed by atoms with van der Waals surface area (Å²) in [5, 5.41) is 9.34. The number of amides is 1. The van der Waals surface area contributed by atoms with Crippen LogP contribution >= 0.6 is 0 Å². The van der Waals surface area contributed by atoms with Crippen molar-refractivity contribution in [3.63, 3.8) is 0 Å². The van der Waals surface area contributed by atoms with Gasteiger partial charge in [-0.05, 0) is 39.0 Å². The Bertz CT molecular complexity index is 474. The first-order chi connectivity index (χ1) is 10.4. The number of rotatable bonds is 9. The van der Waals surface area contributed by atoms with E-state index in [1.54, 1.807) is 11.9 Å². The van der Waals surface area contributed by atoms with Gasteiger partial charge in [0.05, 0.1) is 5.92 Å². The first kappa shape index (κ1) is 18.2. The number of hydrogen-bond acceptors (Lipinski definition) is 3. The molecule has 0 aliphatic carbocycles. The van der Waals surface area contributed by atoms with Crippen molar-refractivity contribution in [1.82, 2.24) is 9.80 Å². The second kappa shape index (κ2) is 9.20. The normalized spacial score (nSPS) is 12.2. The van der Waals surface area contributed by atoms with Gasteiger partial charge in [-0.15, -0.1) is 0 Å². The van der Waals surface area contributed by atoms with Gasteiger partial charge in [-0.2, -0.15) is 0 Å². The van der Waals surface area contributed by atoms with Crippen LogP contribution in [-0.2, 0) is 16.0 Å². The highest BCUT2D eigenvalue weighted by atomic mass is 16.4. The number of carboxylic acids is 1. The Morgan fingerprint density at radius 3 is 2.27 bits per heavy atom. The predicted octanol–water partition coefficient (Wildman–Crippen LogP) is 1.73. The molecule has 0 spiro atoms. The Morgan fingerprint density at radius 1 is 1.09 bits per heavy atom. The van der Waals surface area contributed by atoms with Gasteiger partial charge in [0.2, 0.25) is 5.91 Å². The molecule has 0 aliphatic rings. The Kier molecular flexibility index (Phi) is 7.60. The van der Waals surface area contributed by atoms with E-state index in [1.165, 1.54) is 0 Å². The van der Waals surface area contributed by atoms with Crippen LogP contribution in [0.15, 0.2) is 30.3 Å². The molecule has 122 valence electrons. The van der Waals surface area contributed by atoms with Crippen LogP contribution in [0, 0.1) is 5.92 Å². The standard InChI is InChI=1S/C17H26N2O3/c1-18(2)10-7-11-19(3)16(20)13-15(17(21)22)12-14-8-5-4-6-9-14/h4-6,8-9,15H,7,10-13H2,1-3H3,(H,21,22)/t15-/m1/s1. The van der Waals surface area contributed by atoms with Gasteiger partial charge in [-0.1, -0.05) is 30.3 Å². The van der Waals surface area contributed by atoms with Crippen LogP contribution in [0.5, 0.6) is 0 Å². The average molecular weight is 306 g/mol. The van der Waals surface area contributed by atoms with E-state index in [2.05, 4.69) is 4.90 Å². The molecule has 0 saturated heterocycles. The van der Waals surface area contributed by atoms with Crippen molar-refractivity contribution >= 4 is 11.9 Å². The molecule has 0 heterocycles. The van der Waals surface area contributed by atoms with Crippen LogP contribution < -0.4 is 0 Å². The van der Waals surface area contributed by atoms with E-state index in [-0.39, 0.29) is 12.3 Å². The van der Waals surface area contributed by atoms with Gasteiger partial charge >= 0.3 is 5.97 Å². The minimum absolute atomic E-state index is 0.0443. The lowest BCUT2D eigenvalue weighted by atomic mass is 9.96. The van der Waals surface area contributed by atoms with Crippen molar-refractivity contribution in [2.24, 2.45) is 5.92 Å². The van der Waals surface area contributed by atoms with Crippen molar-refractivity contribution in [1.29, 1.82) is 0 Å². The molecule has 5 heteroatoms. The maximum Gasteiger partial charge on any atom is 0.307 e. The second-order valence-corrected chi connectivity index (χ2v) is 5.90. The molecule has 0 radical (unpaired) electrons. The lowest BCUT2D eigenvalue weighted by Crippen LogP contribution is -2.33. The van der Waals surface area contributed by atoms with Crippen LogP contribution in [0.4, 0.5) is 0 Å². The molecule has 0 saturated carbocycles. The quantitative estimate of drug-likeness (QED) is 0.755. The number of carbonyl (C=O) groups excluding carboxylic acids is 1. The first-order valence-corrected chi connectivity index (χ1v) is 7.55. The molecular weight excluding hydrogens is 280 g/mol. The van der Waals surface area contributed by atoms with Crippen molar-refractivity contribution in [3.8, 4) is 0 Å². The average Bonchev–Trinajstić information content (AvgIpc) is 2.46. The summed E-state index contributed by atoms with van der Waals surface area (Å²) in [6.07, 6.45) is 1.31. The monoisotopic (exact) mass is 306 g/mol. The van der Waals surface area contributed by atoms with Gasteiger partial charge in [-0.25, -0.2) is 0 Å². The van der Waals surface area contributed by atoms with Crippen LogP contribution in [0.3, 0.4) is 0 Å². The van der Waals surface area contributed by atoms with E-state index in [4.69, 9.17) is 0 Å². The van der Waals surface area contributed by atoms with Gasteiger partial charge in [0.1, 0.15) is 0 Å². The fourth-order valence-corrected chi connectivity index (χ4v) is 2.26. The lowest BCUT2D eigenvalue weighted by Gasteiger charge is -2.20. The predicted molar refractivity (Wildman–Crippen MR) is 86.7 cm³/mol. The largest absolute Gasteiger partial charge is 0.481 e. The number of nitrogens with zero attached hydrogens (tertiary/aromatic N) is 2. The van der Waals surface area contributed by atoms with Crippen molar-refractivity contribution < 1.29 is 14.7 Å². The number of carbonyl (C=O) groups is 2. The molecular formula is C17H26N2O3. The van der Waals surface area contributed by atoms with Crippen LogP contribution in [0.1, 0.15) is 18.4 Å². The third-order valence-corrected chi connectivity index (χ3v) is 3.62. The SMILES string of the molecule is CN(C)CCCN(C)C(=O)C[C@@H](Cc1ccccc1)C(=O)O. The molecule has 1 aromatic rings. The fraction of sp³-hybridized carbons (Fsp3) is 0.529. The van der Waals surface area contributed by atoms with E-state index >= 15 is 0 Å². The highest BCUT2D eigenvalue weighted by Crippen LogP contribution is 2.14. The van der Waals surface area contributed by atoms with Crippen LogP contribution in [-0.4, -0.2) is 61.0 Å². The smallest absolute Gasteiger partial charge is 0.307 e. The Labute approximate surface area is 132 Å². The maximum absolute atomic E-state index is 12.2. The Hall–Kier alpha value is -1.88. The molecule has 0 unspecified atom stereocenters. The Morgan fingerprint density at radius 2 is 1.73 bits per heavy atom. The van der Waals surface area contributed by atoms with E-state index in [0.717, 1.165) is 18.5 Å². The zero-order valence-electron chi connectivity index (χ0n) is 13.7. The summed E-state index contributed by atoms with van der Waals surface area (Å²) in [5.74, 6) is -1.70. The van der Waals surface area contributed by atoms with Gasteiger partial charge in [0, 0.05) is 20.0 Å². The highest BCUT2D eigenvalue weighted by molar-refractivity contribution is 5.82. The lowest BCUT2D eigenvalue weighted by molar-refractivity contribution is -0.145. The zero-order valence-corrected chi connectivity index (χ0v) is 13.7. The van der Waals surface area contributed by atoms with E-state index in [0.29, 0.717) is 13.0 Å². The summed E-state index contributed by atoms with van der Waals surface area (Å²) < 4.78 is 0. The van der Waals surface area contributed by atoms with E-state index in [1.807, 2.05) is 44.4 Å². The summed E-state index contributed by atoms with van der Waals surface area (Å²) >= 11 is 0. The molecule has 1 aromatic carbocycles. The minimum Gasteiger partial charge on any atom is -0.481 e. The van der Waals surface area contributed by atoms with E-state index < -0.39 is 11.9 Å². The second-order valence-electron chi connectivity index (χ2n) is 5.90. The molecule has 22 heavy (non-hydrogen) atoms. The maximum atomic E-state index is 12.2. The summed E-state index contributed by atoms with van der Waals surface area (Å²) in [6, 6.07) is 9.43. The summed E-state index contributed by atoms with van der Waals surface area (Å²) in [4.78, 5) is 27.3. The van der Waals surface area contributed by atoms with Gasteiger partial charge in [0.25, 0.3) is 0 Å². The zero-order chi connectivity index (χ0) is 16.5. The van der Waals surface area contributed by atoms with Crippen molar-refractivity contribution in [2.75, 3.05) is 34.2 Å². The minimum atomic E-state index is -0.918. The molecule has 0 fully saturated rings. The van der Waals surface area contributed by atoms with Crippen molar-refractivity contribution in [2.45, 2.75) is 19.3 Å². The fourth-order valence-electron chi connectivity index (χ4n) is 2.26. The molecule has 1 amide bonds. The topological polar surface area (TPSA) is 60.9 Å². The van der Waals surface area contributed by atoms with Gasteiger partial charge in [-0.3, -0.25) is 9.59 Å². The molecule has 5 nitrogen and oxygen atoms in total. The number of carboxylic acid groups (broad SMARTS) is 1. The first-order valence-electron chi connectivity index (χ1n) is 7.55. The van der Waals surface area contributed by atoms with E-state index in [9.17, 15) is 14.7 Å². The molecule has 0 aromatic heterocycles.